The highest BCUT2D eigenvalue weighted by atomic mass is 79.9. The van der Waals surface area contributed by atoms with Crippen LogP contribution in [0.1, 0.15) is 37.1 Å². The summed E-state index contributed by atoms with van der Waals surface area (Å²) in [5.74, 6) is 1.73. The first-order valence-electron chi connectivity index (χ1n) is 8.05. The number of hydrogen-bond acceptors (Lipinski definition) is 6. The van der Waals surface area contributed by atoms with Crippen LogP contribution in [0, 0.1) is 0 Å². The van der Waals surface area contributed by atoms with E-state index in [1.807, 2.05) is 12.1 Å². The average Bonchev–Trinajstić information content (AvgIpc) is 2.56. The molecule has 0 bridgehead atoms. The van der Waals surface area contributed by atoms with Crippen molar-refractivity contribution in [2.24, 2.45) is 0 Å². The molecule has 4 N–H and O–H groups in total. The highest BCUT2D eigenvalue weighted by Gasteiger charge is 2.24. The molecule has 24 heavy (non-hydrogen) atoms. The molecular formula is C17H22BrN5O. The number of nitrogen functional groups attached to an aromatic ring is 1. The van der Waals surface area contributed by atoms with E-state index in [4.69, 9.17) is 5.73 Å². The summed E-state index contributed by atoms with van der Waals surface area (Å²) < 4.78 is 0.977. The lowest BCUT2D eigenvalue weighted by Gasteiger charge is -2.35. The van der Waals surface area contributed by atoms with Crippen molar-refractivity contribution in [3.63, 3.8) is 0 Å². The van der Waals surface area contributed by atoms with Gasteiger partial charge in [0.15, 0.2) is 0 Å². The molecule has 128 valence electrons. The average molecular weight is 392 g/mol. The number of anilines is 2. The molecule has 7 heteroatoms. The van der Waals surface area contributed by atoms with Crippen LogP contribution in [0.3, 0.4) is 0 Å². The van der Waals surface area contributed by atoms with E-state index < -0.39 is 0 Å². The molecule has 1 saturated heterocycles. The summed E-state index contributed by atoms with van der Waals surface area (Å²) in [4.78, 5) is 10.9. The molecule has 1 aromatic carbocycles. The highest BCUT2D eigenvalue weighted by molar-refractivity contribution is 9.10. The largest absolute Gasteiger partial charge is 0.508 e. The molecule has 1 aliphatic heterocycles. The van der Waals surface area contributed by atoms with E-state index in [0.717, 1.165) is 41.2 Å². The maximum absolute atomic E-state index is 9.79. The molecule has 0 radical (unpaired) electrons. The molecule has 0 spiro atoms. The summed E-state index contributed by atoms with van der Waals surface area (Å²) in [5, 5.41) is 13.3. The van der Waals surface area contributed by atoms with Crippen molar-refractivity contribution in [3.05, 3.63) is 40.0 Å². The van der Waals surface area contributed by atoms with Gasteiger partial charge in [-0.05, 0) is 29.7 Å². The number of phenolic OH excluding ortho intramolecular Hbond substituents is 1. The van der Waals surface area contributed by atoms with Crippen LogP contribution in [-0.4, -0.2) is 34.7 Å². The zero-order valence-electron chi connectivity index (χ0n) is 13.8. The number of piperazine rings is 1. The van der Waals surface area contributed by atoms with Gasteiger partial charge >= 0.3 is 0 Å². The van der Waals surface area contributed by atoms with Gasteiger partial charge < -0.3 is 21.1 Å². The Morgan fingerprint density at radius 3 is 2.88 bits per heavy atom. The second-order valence-corrected chi connectivity index (χ2v) is 7.18. The van der Waals surface area contributed by atoms with Gasteiger partial charge in [-0.25, -0.2) is 4.98 Å². The van der Waals surface area contributed by atoms with Crippen LogP contribution in [-0.2, 0) is 0 Å². The third-order valence-electron chi connectivity index (χ3n) is 4.20. The van der Waals surface area contributed by atoms with E-state index in [-0.39, 0.29) is 11.8 Å². The van der Waals surface area contributed by atoms with Crippen molar-refractivity contribution in [1.82, 2.24) is 15.3 Å². The molecule has 1 aromatic heterocycles. The lowest BCUT2D eigenvalue weighted by Crippen LogP contribution is -2.46. The van der Waals surface area contributed by atoms with E-state index in [0.29, 0.717) is 11.9 Å². The van der Waals surface area contributed by atoms with Gasteiger partial charge in [0.1, 0.15) is 11.6 Å². The van der Waals surface area contributed by atoms with Crippen molar-refractivity contribution in [1.29, 1.82) is 0 Å². The Labute approximate surface area is 150 Å². The van der Waals surface area contributed by atoms with Gasteiger partial charge in [0, 0.05) is 30.2 Å². The monoisotopic (exact) mass is 391 g/mol. The predicted octanol–water partition coefficient (Wildman–Crippen LogP) is 2.80. The summed E-state index contributed by atoms with van der Waals surface area (Å²) in [7, 11) is 0. The van der Waals surface area contributed by atoms with Crippen LogP contribution in [0.5, 0.6) is 5.75 Å². The third-order valence-corrected chi connectivity index (χ3v) is 4.92. The Balaban J connectivity index is 1.87. The van der Waals surface area contributed by atoms with E-state index in [9.17, 15) is 5.11 Å². The second kappa shape index (κ2) is 6.94. The van der Waals surface area contributed by atoms with Crippen LogP contribution < -0.4 is 16.0 Å². The first-order valence-corrected chi connectivity index (χ1v) is 8.84. The lowest BCUT2D eigenvalue weighted by molar-refractivity contribution is 0.455. The Morgan fingerprint density at radius 1 is 1.33 bits per heavy atom. The van der Waals surface area contributed by atoms with Crippen molar-refractivity contribution in [3.8, 4) is 5.75 Å². The van der Waals surface area contributed by atoms with Crippen molar-refractivity contribution in [2.75, 3.05) is 30.3 Å². The first-order chi connectivity index (χ1) is 11.4. The number of hydrogen-bond donors (Lipinski definition) is 3. The number of aromatic nitrogens is 2. The lowest BCUT2D eigenvalue weighted by atomic mass is 10.0. The Hall–Kier alpha value is -1.86. The molecule has 1 unspecified atom stereocenters. The number of rotatable bonds is 3. The fourth-order valence-electron chi connectivity index (χ4n) is 2.89. The molecule has 0 saturated carbocycles. The number of halogens is 1. The molecule has 1 fully saturated rings. The Kier molecular flexibility index (Phi) is 4.91. The maximum Gasteiger partial charge on any atom is 0.222 e. The van der Waals surface area contributed by atoms with Crippen LogP contribution >= 0.6 is 15.9 Å². The molecule has 2 heterocycles. The molecule has 6 nitrogen and oxygen atoms in total. The van der Waals surface area contributed by atoms with E-state index in [1.165, 1.54) is 0 Å². The second-order valence-electron chi connectivity index (χ2n) is 6.32. The summed E-state index contributed by atoms with van der Waals surface area (Å²) in [6.45, 7) is 6.61. The standard InChI is InChI=1S/C17H22BrN5O/c1-10(2)14-8-16(22-17(19)21-14)23-6-5-20-15(9-23)12-7-11(24)3-4-13(12)18/h3-4,7-8,10,15,20,24H,5-6,9H2,1-2H3,(H2,19,21,22). The SMILES string of the molecule is CC(C)c1cc(N2CCNC(c3cc(O)ccc3Br)C2)nc(N)n1. The van der Waals surface area contributed by atoms with Crippen LogP contribution in [0.2, 0.25) is 0 Å². The number of benzene rings is 1. The smallest absolute Gasteiger partial charge is 0.222 e. The fourth-order valence-corrected chi connectivity index (χ4v) is 3.42. The summed E-state index contributed by atoms with van der Waals surface area (Å²) in [5.41, 5.74) is 7.87. The van der Waals surface area contributed by atoms with Crippen LogP contribution in [0.4, 0.5) is 11.8 Å². The Bertz CT molecular complexity index is 737. The van der Waals surface area contributed by atoms with Gasteiger partial charge in [-0.2, -0.15) is 4.98 Å². The molecule has 0 aliphatic carbocycles. The summed E-state index contributed by atoms with van der Waals surface area (Å²) in [6.07, 6.45) is 0. The van der Waals surface area contributed by atoms with E-state index >= 15 is 0 Å². The molecule has 1 aliphatic rings. The minimum absolute atomic E-state index is 0.0962. The van der Waals surface area contributed by atoms with Gasteiger partial charge in [0.2, 0.25) is 5.95 Å². The summed E-state index contributed by atoms with van der Waals surface area (Å²) >= 11 is 3.57. The third kappa shape index (κ3) is 3.62. The number of aromatic hydroxyl groups is 1. The topological polar surface area (TPSA) is 87.3 Å². The minimum atomic E-state index is 0.0962. The Morgan fingerprint density at radius 2 is 2.12 bits per heavy atom. The van der Waals surface area contributed by atoms with Gasteiger partial charge in [-0.3, -0.25) is 0 Å². The van der Waals surface area contributed by atoms with Crippen molar-refractivity contribution >= 4 is 27.7 Å². The zero-order chi connectivity index (χ0) is 17.3. The number of nitrogens with two attached hydrogens (primary N) is 1. The van der Waals surface area contributed by atoms with Gasteiger partial charge in [0.05, 0.1) is 11.7 Å². The molecule has 1 atom stereocenters. The van der Waals surface area contributed by atoms with Crippen molar-refractivity contribution in [2.45, 2.75) is 25.8 Å². The van der Waals surface area contributed by atoms with Gasteiger partial charge in [-0.15, -0.1) is 0 Å². The predicted molar refractivity (Wildman–Crippen MR) is 99.3 cm³/mol. The van der Waals surface area contributed by atoms with Crippen molar-refractivity contribution < 1.29 is 5.11 Å². The van der Waals surface area contributed by atoms with E-state index in [2.05, 4.69) is 50.0 Å². The van der Waals surface area contributed by atoms with Crippen LogP contribution in [0.15, 0.2) is 28.7 Å². The van der Waals surface area contributed by atoms with Crippen LogP contribution in [0.25, 0.3) is 0 Å². The normalized spacial score (nSPS) is 18.2. The first kappa shape index (κ1) is 17.0. The number of nitrogens with one attached hydrogen (secondary N) is 1. The van der Waals surface area contributed by atoms with Gasteiger partial charge in [0.25, 0.3) is 0 Å². The molecule has 0 amide bonds. The number of phenols is 1. The molecule has 3 rings (SSSR count). The number of nitrogens with zero attached hydrogens (tertiary/aromatic N) is 3. The molecule has 2 aromatic rings. The van der Waals surface area contributed by atoms with E-state index in [1.54, 1.807) is 12.1 Å². The maximum atomic E-state index is 9.79. The quantitative estimate of drug-likeness (QED) is 0.745. The molecular weight excluding hydrogens is 370 g/mol. The fraction of sp³-hybridized carbons (Fsp3) is 0.412. The highest BCUT2D eigenvalue weighted by Crippen LogP contribution is 2.30. The zero-order valence-corrected chi connectivity index (χ0v) is 15.4. The van der Waals surface area contributed by atoms with Gasteiger partial charge in [-0.1, -0.05) is 29.8 Å². The minimum Gasteiger partial charge on any atom is -0.508 e. The summed E-state index contributed by atoms with van der Waals surface area (Å²) in [6, 6.07) is 7.44.